The summed E-state index contributed by atoms with van der Waals surface area (Å²) in [5, 5.41) is 6.32. The number of amides is 2. The number of likely N-dealkylation sites (N-methyl/N-ethyl adjacent to an activating group) is 1. The first-order chi connectivity index (χ1) is 12.4. The Hall–Kier alpha value is -3.14. The second kappa shape index (κ2) is 7.00. The highest BCUT2D eigenvalue weighted by Crippen LogP contribution is 2.17. The molecule has 0 saturated carbocycles. The summed E-state index contributed by atoms with van der Waals surface area (Å²) in [5.74, 6) is -3.76. The van der Waals surface area contributed by atoms with E-state index in [0.29, 0.717) is 4.96 Å². The lowest BCUT2D eigenvalue weighted by Gasteiger charge is -2.17. The van der Waals surface area contributed by atoms with Crippen LogP contribution in [0.25, 0.3) is 4.96 Å². The van der Waals surface area contributed by atoms with Crippen molar-refractivity contribution in [2.75, 3.05) is 7.05 Å². The van der Waals surface area contributed by atoms with Crippen LogP contribution in [0.1, 0.15) is 22.0 Å². The number of fused-ring (bicyclic) bond motifs is 1. The number of nitrogens with zero attached hydrogens (tertiary/aromatic N) is 2. The Balaban J connectivity index is 1.96. The first-order valence-corrected chi connectivity index (χ1v) is 8.22. The molecule has 2 heterocycles. The number of carbonyl (C=O) groups excluding carboxylic acids is 2. The second-order valence-corrected chi connectivity index (χ2v) is 6.10. The molecule has 0 aliphatic heterocycles. The van der Waals surface area contributed by atoms with Gasteiger partial charge in [0.15, 0.2) is 16.6 Å². The summed E-state index contributed by atoms with van der Waals surface area (Å²) in [6.07, 6.45) is 2.58. The van der Waals surface area contributed by atoms with Crippen LogP contribution in [0.4, 0.5) is 8.78 Å². The second-order valence-electron chi connectivity index (χ2n) is 5.23. The minimum atomic E-state index is -1.31. The fourth-order valence-electron chi connectivity index (χ4n) is 2.33. The third-order valence-corrected chi connectivity index (χ3v) is 4.42. The lowest BCUT2D eigenvalue weighted by atomic mass is 10.1. The van der Waals surface area contributed by atoms with Gasteiger partial charge < -0.3 is 10.6 Å². The van der Waals surface area contributed by atoms with Gasteiger partial charge in [0, 0.05) is 24.8 Å². The van der Waals surface area contributed by atoms with Gasteiger partial charge in [-0.25, -0.2) is 13.8 Å². The highest BCUT2D eigenvalue weighted by molar-refractivity contribution is 7.15. The predicted octanol–water partition coefficient (Wildman–Crippen LogP) is 1.25. The Morgan fingerprint density at radius 1 is 1.27 bits per heavy atom. The zero-order valence-corrected chi connectivity index (χ0v) is 14.1. The molecule has 2 aromatic heterocycles. The molecule has 2 N–H and O–H groups in total. The van der Waals surface area contributed by atoms with Crippen molar-refractivity contribution < 1.29 is 18.4 Å². The van der Waals surface area contributed by atoms with E-state index in [0.717, 1.165) is 18.3 Å². The van der Waals surface area contributed by atoms with Gasteiger partial charge in [0.25, 0.3) is 11.5 Å². The number of thiazole rings is 1. The van der Waals surface area contributed by atoms with Crippen LogP contribution < -0.4 is 16.2 Å². The Kier molecular flexibility index (Phi) is 4.76. The topological polar surface area (TPSA) is 92.6 Å². The molecule has 7 nitrogen and oxygen atoms in total. The van der Waals surface area contributed by atoms with E-state index in [4.69, 9.17) is 0 Å². The van der Waals surface area contributed by atoms with Crippen molar-refractivity contribution in [2.24, 2.45) is 0 Å². The van der Waals surface area contributed by atoms with E-state index < -0.39 is 35.0 Å². The zero-order valence-electron chi connectivity index (χ0n) is 13.3. The largest absolute Gasteiger partial charge is 0.357 e. The van der Waals surface area contributed by atoms with Crippen molar-refractivity contribution in [1.29, 1.82) is 0 Å². The van der Waals surface area contributed by atoms with Crippen molar-refractivity contribution in [1.82, 2.24) is 20.0 Å². The van der Waals surface area contributed by atoms with Crippen molar-refractivity contribution in [2.45, 2.75) is 6.04 Å². The average molecular weight is 378 g/mol. The third-order valence-electron chi connectivity index (χ3n) is 3.65. The predicted molar refractivity (Wildman–Crippen MR) is 90.0 cm³/mol. The molecule has 0 saturated heterocycles. The van der Waals surface area contributed by atoms with E-state index in [1.165, 1.54) is 35.0 Å². The molecule has 26 heavy (non-hydrogen) atoms. The van der Waals surface area contributed by atoms with Gasteiger partial charge in [-0.1, -0.05) is 6.07 Å². The summed E-state index contributed by atoms with van der Waals surface area (Å²) in [6, 6.07) is 1.51. The molecule has 2 amide bonds. The Morgan fingerprint density at radius 2 is 2.04 bits per heavy atom. The van der Waals surface area contributed by atoms with Gasteiger partial charge in [-0.2, -0.15) is 0 Å². The van der Waals surface area contributed by atoms with Crippen molar-refractivity contribution in [3.8, 4) is 0 Å². The molecule has 0 bridgehead atoms. The van der Waals surface area contributed by atoms with Gasteiger partial charge in [0.05, 0.1) is 0 Å². The lowest BCUT2D eigenvalue weighted by molar-refractivity contribution is -0.122. The molecule has 3 aromatic rings. The third kappa shape index (κ3) is 3.18. The Labute approximate surface area is 149 Å². The quantitative estimate of drug-likeness (QED) is 0.715. The van der Waals surface area contributed by atoms with E-state index >= 15 is 0 Å². The van der Waals surface area contributed by atoms with Crippen molar-refractivity contribution in [3.05, 3.63) is 69.1 Å². The summed E-state index contributed by atoms with van der Waals surface area (Å²) in [6.45, 7) is 0. The van der Waals surface area contributed by atoms with Crippen LogP contribution in [-0.4, -0.2) is 28.2 Å². The van der Waals surface area contributed by atoms with Crippen molar-refractivity contribution >= 4 is 28.1 Å². The molecular weight excluding hydrogens is 366 g/mol. The summed E-state index contributed by atoms with van der Waals surface area (Å²) >= 11 is 1.22. The molecule has 1 aromatic carbocycles. The number of carbonyl (C=O) groups is 2. The minimum Gasteiger partial charge on any atom is -0.357 e. The van der Waals surface area contributed by atoms with E-state index in [1.54, 1.807) is 5.38 Å². The Bertz CT molecular complexity index is 1060. The van der Waals surface area contributed by atoms with E-state index in [9.17, 15) is 23.2 Å². The van der Waals surface area contributed by atoms with Crippen LogP contribution in [0, 0.1) is 11.6 Å². The molecular formula is C16H12F2N4O3S. The highest BCUT2D eigenvalue weighted by Gasteiger charge is 2.25. The van der Waals surface area contributed by atoms with Gasteiger partial charge in [0.1, 0.15) is 11.6 Å². The molecule has 10 heteroatoms. The summed E-state index contributed by atoms with van der Waals surface area (Å²) in [4.78, 5) is 41.3. The molecule has 0 aliphatic rings. The van der Waals surface area contributed by atoms with Gasteiger partial charge in [-0.15, -0.1) is 11.3 Å². The minimum absolute atomic E-state index is 0.0290. The number of hydrogen-bond acceptors (Lipinski definition) is 5. The number of halogens is 2. The average Bonchev–Trinajstić information content (AvgIpc) is 3.11. The first kappa shape index (κ1) is 17.7. The van der Waals surface area contributed by atoms with Crippen LogP contribution in [-0.2, 0) is 4.79 Å². The maximum atomic E-state index is 13.5. The van der Waals surface area contributed by atoms with Crippen LogP contribution in [0.2, 0.25) is 0 Å². The standard InChI is InChI=1S/C16H12F2N4O3S/c1-19-14(24)12(8-2-3-10(17)11(18)6-8)21-13(23)9-7-20-16-22(15(9)25)4-5-26-16/h2-7,12H,1H3,(H,19,24)(H,21,23). The van der Waals surface area contributed by atoms with Gasteiger partial charge >= 0.3 is 0 Å². The van der Waals surface area contributed by atoms with E-state index in [2.05, 4.69) is 15.6 Å². The summed E-state index contributed by atoms with van der Waals surface area (Å²) in [5.41, 5.74) is -0.853. The SMILES string of the molecule is CNC(=O)C(NC(=O)c1cnc2sccn2c1=O)c1ccc(F)c(F)c1. The van der Waals surface area contributed by atoms with Gasteiger partial charge in [-0.3, -0.25) is 18.8 Å². The van der Waals surface area contributed by atoms with Crippen molar-refractivity contribution in [3.63, 3.8) is 0 Å². The molecule has 1 atom stereocenters. The van der Waals surface area contributed by atoms with E-state index in [-0.39, 0.29) is 11.1 Å². The van der Waals surface area contributed by atoms with Crippen LogP contribution in [0.5, 0.6) is 0 Å². The highest BCUT2D eigenvalue weighted by atomic mass is 32.1. The number of benzene rings is 1. The van der Waals surface area contributed by atoms with Gasteiger partial charge in [0.2, 0.25) is 5.91 Å². The van der Waals surface area contributed by atoms with Crippen LogP contribution in [0.15, 0.2) is 40.8 Å². The number of aromatic nitrogens is 2. The smallest absolute Gasteiger partial charge is 0.271 e. The molecule has 134 valence electrons. The van der Waals surface area contributed by atoms with Crippen LogP contribution >= 0.6 is 11.3 Å². The molecule has 1 unspecified atom stereocenters. The number of rotatable bonds is 4. The normalized spacial score (nSPS) is 12.0. The molecule has 0 aliphatic carbocycles. The zero-order chi connectivity index (χ0) is 18.8. The monoisotopic (exact) mass is 378 g/mol. The van der Waals surface area contributed by atoms with Crippen LogP contribution in [0.3, 0.4) is 0 Å². The number of nitrogens with one attached hydrogen (secondary N) is 2. The van der Waals surface area contributed by atoms with E-state index in [1.807, 2.05) is 0 Å². The van der Waals surface area contributed by atoms with Gasteiger partial charge in [-0.05, 0) is 17.7 Å². The first-order valence-electron chi connectivity index (χ1n) is 7.34. The molecule has 0 fully saturated rings. The summed E-state index contributed by atoms with van der Waals surface area (Å²) < 4.78 is 27.8. The molecule has 3 rings (SSSR count). The Morgan fingerprint density at radius 3 is 2.73 bits per heavy atom. The molecule has 0 spiro atoms. The molecule has 0 radical (unpaired) electrons. The lowest BCUT2D eigenvalue weighted by Crippen LogP contribution is -2.41. The summed E-state index contributed by atoms with van der Waals surface area (Å²) in [7, 11) is 1.33. The maximum absolute atomic E-state index is 13.5. The fraction of sp³-hybridized carbons (Fsp3) is 0.125. The fourth-order valence-corrected chi connectivity index (χ4v) is 3.00. The number of hydrogen-bond donors (Lipinski definition) is 2. The maximum Gasteiger partial charge on any atom is 0.271 e.